The van der Waals surface area contributed by atoms with E-state index in [1.54, 1.807) is 15.9 Å². The molecular weight excluding hydrogens is 290 g/mol. The first-order valence-corrected chi connectivity index (χ1v) is 8.25. The fraction of sp³-hybridized carbons (Fsp3) is 0.571. The van der Waals surface area contributed by atoms with E-state index in [-0.39, 0.29) is 5.56 Å². The summed E-state index contributed by atoms with van der Waals surface area (Å²) in [4.78, 5) is 20.4. The Morgan fingerprint density at radius 2 is 1.95 bits per heavy atom. The molecular formula is C14H19N3OS2. The van der Waals surface area contributed by atoms with Gasteiger partial charge in [0.25, 0.3) is 5.56 Å². The smallest absolute Gasteiger partial charge is 0.263 e. The Bertz CT molecular complexity index is 750. The van der Waals surface area contributed by atoms with Crippen molar-refractivity contribution in [2.24, 2.45) is 0 Å². The second-order valence-electron chi connectivity index (χ2n) is 5.42. The van der Waals surface area contributed by atoms with Crippen molar-refractivity contribution in [3.8, 4) is 0 Å². The van der Waals surface area contributed by atoms with Crippen molar-refractivity contribution in [3.63, 3.8) is 0 Å². The van der Waals surface area contributed by atoms with Crippen LogP contribution < -0.4 is 5.56 Å². The lowest BCUT2D eigenvalue weighted by atomic mass is 10.2. The molecule has 0 saturated carbocycles. The molecule has 1 aliphatic rings. The maximum Gasteiger partial charge on any atom is 0.263 e. The van der Waals surface area contributed by atoms with Gasteiger partial charge in [-0.2, -0.15) is 0 Å². The number of aromatic nitrogens is 2. The summed E-state index contributed by atoms with van der Waals surface area (Å²) in [5.41, 5.74) is 1.14. The van der Waals surface area contributed by atoms with E-state index in [1.807, 2.05) is 13.8 Å². The molecule has 2 aromatic rings. The number of thiophene rings is 1. The van der Waals surface area contributed by atoms with Gasteiger partial charge in [0.15, 0.2) is 4.77 Å². The van der Waals surface area contributed by atoms with Crippen LogP contribution in [0, 0.1) is 18.6 Å². The van der Waals surface area contributed by atoms with Crippen LogP contribution in [0.1, 0.15) is 23.3 Å². The fourth-order valence-corrected chi connectivity index (χ4v) is 4.21. The lowest BCUT2D eigenvalue weighted by molar-refractivity contribution is 0.319. The second-order valence-corrected chi connectivity index (χ2v) is 7.03. The number of H-pyrrole nitrogens is 1. The number of hydrogen-bond donors (Lipinski definition) is 1. The summed E-state index contributed by atoms with van der Waals surface area (Å²) in [5.74, 6) is 0. The van der Waals surface area contributed by atoms with E-state index >= 15 is 0 Å². The maximum atomic E-state index is 12.7. The molecule has 1 aliphatic heterocycles. The van der Waals surface area contributed by atoms with Gasteiger partial charge in [-0.15, -0.1) is 11.3 Å². The Morgan fingerprint density at radius 3 is 2.65 bits per heavy atom. The Morgan fingerprint density at radius 1 is 1.25 bits per heavy atom. The normalized spacial score (nSPS) is 16.3. The van der Waals surface area contributed by atoms with Gasteiger partial charge in [0, 0.05) is 18.0 Å². The molecule has 2 aromatic heterocycles. The van der Waals surface area contributed by atoms with Gasteiger partial charge in [-0.1, -0.05) is 0 Å². The quantitative estimate of drug-likeness (QED) is 0.887. The summed E-state index contributed by atoms with van der Waals surface area (Å²) < 4.78 is 2.26. The summed E-state index contributed by atoms with van der Waals surface area (Å²) in [6.45, 7) is 7.93. The molecule has 1 fully saturated rings. The SMILES string of the molecule is Cc1sc2[nH]c(=S)n(CCN3CCCC3)c(=O)c2c1C. The van der Waals surface area contributed by atoms with Crippen LogP contribution in [0.3, 0.4) is 0 Å². The number of hydrogen-bond acceptors (Lipinski definition) is 4. The largest absolute Gasteiger partial charge is 0.323 e. The average molecular weight is 309 g/mol. The highest BCUT2D eigenvalue weighted by atomic mass is 32.1. The maximum absolute atomic E-state index is 12.7. The molecule has 0 atom stereocenters. The number of rotatable bonds is 3. The first-order chi connectivity index (χ1) is 9.58. The molecule has 0 radical (unpaired) electrons. The molecule has 1 saturated heterocycles. The summed E-state index contributed by atoms with van der Waals surface area (Å²) in [6, 6.07) is 0. The van der Waals surface area contributed by atoms with E-state index in [0.29, 0.717) is 11.3 Å². The van der Waals surface area contributed by atoms with Gasteiger partial charge in [0.2, 0.25) is 0 Å². The fourth-order valence-electron chi connectivity index (χ4n) is 2.82. The predicted octanol–water partition coefficient (Wildman–Crippen LogP) is 2.83. The summed E-state index contributed by atoms with van der Waals surface area (Å²) in [6.07, 6.45) is 2.53. The molecule has 0 spiro atoms. The first-order valence-electron chi connectivity index (χ1n) is 7.03. The first kappa shape index (κ1) is 14.0. The van der Waals surface area contributed by atoms with Gasteiger partial charge in [-0.05, 0) is 57.6 Å². The van der Waals surface area contributed by atoms with Crippen molar-refractivity contribution >= 4 is 33.8 Å². The van der Waals surface area contributed by atoms with Crippen molar-refractivity contribution in [2.75, 3.05) is 19.6 Å². The van der Waals surface area contributed by atoms with Crippen LogP contribution in [-0.2, 0) is 6.54 Å². The van der Waals surface area contributed by atoms with Gasteiger partial charge >= 0.3 is 0 Å². The molecule has 0 bridgehead atoms. The third kappa shape index (κ3) is 2.36. The van der Waals surface area contributed by atoms with Gasteiger partial charge in [0.1, 0.15) is 4.83 Å². The topological polar surface area (TPSA) is 41.0 Å². The van der Waals surface area contributed by atoms with Crippen LogP contribution in [0.25, 0.3) is 10.2 Å². The van der Waals surface area contributed by atoms with Crippen LogP contribution in [0.15, 0.2) is 4.79 Å². The van der Waals surface area contributed by atoms with Gasteiger partial charge in [-0.25, -0.2) is 0 Å². The van der Waals surface area contributed by atoms with E-state index in [1.165, 1.54) is 17.7 Å². The molecule has 1 N–H and O–H groups in total. The highest BCUT2D eigenvalue weighted by Crippen LogP contribution is 2.25. The number of nitrogens with zero attached hydrogens (tertiary/aromatic N) is 2. The van der Waals surface area contributed by atoms with Crippen molar-refractivity contribution in [1.82, 2.24) is 14.5 Å². The van der Waals surface area contributed by atoms with Crippen LogP contribution >= 0.6 is 23.6 Å². The molecule has 3 heterocycles. The summed E-state index contributed by atoms with van der Waals surface area (Å²) >= 11 is 6.97. The molecule has 0 aliphatic carbocycles. The van der Waals surface area contributed by atoms with Gasteiger partial charge in [-0.3, -0.25) is 9.36 Å². The third-order valence-corrected chi connectivity index (χ3v) is 5.59. The minimum absolute atomic E-state index is 0.0600. The third-order valence-electron chi connectivity index (χ3n) is 4.15. The molecule has 0 unspecified atom stereocenters. The van der Waals surface area contributed by atoms with Gasteiger partial charge in [0.05, 0.1) is 5.39 Å². The number of nitrogens with one attached hydrogen (secondary N) is 1. The highest BCUT2D eigenvalue weighted by molar-refractivity contribution is 7.71. The van der Waals surface area contributed by atoms with Crippen molar-refractivity contribution < 1.29 is 0 Å². The molecule has 20 heavy (non-hydrogen) atoms. The molecule has 0 aromatic carbocycles. The monoisotopic (exact) mass is 309 g/mol. The van der Waals surface area contributed by atoms with Crippen molar-refractivity contribution in [3.05, 3.63) is 25.6 Å². The van der Waals surface area contributed by atoms with Crippen molar-refractivity contribution in [1.29, 1.82) is 0 Å². The Balaban J connectivity index is 1.99. The summed E-state index contributed by atoms with van der Waals surface area (Å²) in [5, 5.41) is 0.808. The molecule has 4 nitrogen and oxygen atoms in total. The Labute approximate surface area is 127 Å². The zero-order valence-electron chi connectivity index (χ0n) is 11.9. The number of fused-ring (bicyclic) bond motifs is 1. The van der Waals surface area contributed by atoms with E-state index in [9.17, 15) is 4.79 Å². The Hall–Kier alpha value is -0.980. The molecule has 6 heteroatoms. The zero-order chi connectivity index (χ0) is 14.3. The van der Waals surface area contributed by atoms with E-state index < -0.39 is 0 Å². The zero-order valence-corrected chi connectivity index (χ0v) is 13.5. The van der Waals surface area contributed by atoms with E-state index in [0.717, 1.165) is 35.4 Å². The predicted molar refractivity (Wildman–Crippen MR) is 86.4 cm³/mol. The molecule has 3 rings (SSSR count). The standard InChI is InChI=1S/C14H19N3OS2/c1-9-10(2)20-12-11(9)13(18)17(14(19)15-12)8-7-16-5-3-4-6-16/h3-8H2,1-2H3,(H,15,19). The van der Waals surface area contributed by atoms with E-state index in [2.05, 4.69) is 9.88 Å². The van der Waals surface area contributed by atoms with Crippen LogP contribution in [0.4, 0.5) is 0 Å². The number of aryl methyl sites for hydroxylation is 2. The van der Waals surface area contributed by atoms with Crippen LogP contribution in [0.2, 0.25) is 0 Å². The van der Waals surface area contributed by atoms with Crippen LogP contribution in [-0.4, -0.2) is 34.1 Å². The lowest BCUT2D eigenvalue weighted by Gasteiger charge is -2.15. The Kier molecular flexibility index (Phi) is 3.79. The lowest BCUT2D eigenvalue weighted by Crippen LogP contribution is -2.30. The van der Waals surface area contributed by atoms with Crippen LogP contribution in [0.5, 0.6) is 0 Å². The van der Waals surface area contributed by atoms with E-state index in [4.69, 9.17) is 12.2 Å². The molecule has 108 valence electrons. The minimum atomic E-state index is 0.0600. The summed E-state index contributed by atoms with van der Waals surface area (Å²) in [7, 11) is 0. The van der Waals surface area contributed by atoms with Crippen molar-refractivity contribution in [2.45, 2.75) is 33.2 Å². The minimum Gasteiger partial charge on any atom is -0.323 e. The van der Waals surface area contributed by atoms with Gasteiger partial charge < -0.3 is 9.88 Å². The number of aromatic amines is 1. The second kappa shape index (κ2) is 5.42. The number of likely N-dealkylation sites (tertiary alicyclic amines) is 1. The average Bonchev–Trinajstić information content (AvgIpc) is 2.99. The molecule has 0 amide bonds. The highest BCUT2D eigenvalue weighted by Gasteiger charge is 2.15.